The van der Waals surface area contributed by atoms with Gasteiger partial charge in [0.05, 0.1) is 7.11 Å². The first kappa shape index (κ1) is 20.6. The number of aliphatic imine (C=N–C) groups is 1. The molecule has 2 rings (SSSR count). The molecule has 1 aliphatic rings. The van der Waals surface area contributed by atoms with Crippen molar-refractivity contribution in [3.05, 3.63) is 29.8 Å². The molecule has 0 saturated carbocycles. The Morgan fingerprint density at radius 2 is 2.04 bits per heavy atom. The van der Waals surface area contributed by atoms with Crippen LogP contribution in [0.4, 0.5) is 0 Å². The summed E-state index contributed by atoms with van der Waals surface area (Å²) in [5.74, 6) is 2.37. The molecule has 1 aromatic rings. The molecule has 5 nitrogen and oxygen atoms in total. The third-order valence-electron chi connectivity index (χ3n) is 5.29. The molecule has 1 aromatic carbocycles. The lowest BCUT2D eigenvalue weighted by molar-refractivity contribution is 0.125. The van der Waals surface area contributed by atoms with Crippen molar-refractivity contribution in [1.29, 1.82) is 0 Å². The van der Waals surface area contributed by atoms with E-state index in [2.05, 4.69) is 67.6 Å². The number of nitrogens with zero attached hydrogens (tertiary/aromatic N) is 2. The molecule has 146 valence electrons. The molecular weight excluding hydrogens is 324 g/mol. The van der Waals surface area contributed by atoms with E-state index >= 15 is 0 Å². The van der Waals surface area contributed by atoms with Crippen molar-refractivity contribution in [2.24, 2.45) is 10.9 Å². The Balaban J connectivity index is 2.13. The van der Waals surface area contributed by atoms with Crippen LogP contribution in [0.5, 0.6) is 5.75 Å². The van der Waals surface area contributed by atoms with Gasteiger partial charge in [0, 0.05) is 25.2 Å². The van der Waals surface area contributed by atoms with Crippen LogP contribution in [0.3, 0.4) is 0 Å². The fraction of sp³-hybridized carbons (Fsp3) is 0.667. The van der Waals surface area contributed by atoms with Gasteiger partial charge in [0.2, 0.25) is 0 Å². The maximum absolute atomic E-state index is 5.31. The van der Waals surface area contributed by atoms with Gasteiger partial charge in [-0.25, -0.2) is 0 Å². The van der Waals surface area contributed by atoms with Gasteiger partial charge in [0.1, 0.15) is 5.75 Å². The minimum absolute atomic E-state index is 0.407. The van der Waals surface area contributed by atoms with Crippen LogP contribution in [0.1, 0.15) is 51.6 Å². The zero-order chi connectivity index (χ0) is 18.9. The molecule has 0 bridgehead atoms. The van der Waals surface area contributed by atoms with Crippen molar-refractivity contribution in [3.63, 3.8) is 0 Å². The van der Waals surface area contributed by atoms with E-state index in [-0.39, 0.29) is 0 Å². The van der Waals surface area contributed by atoms with E-state index in [4.69, 9.17) is 9.73 Å². The second kappa shape index (κ2) is 10.4. The van der Waals surface area contributed by atoms with Crippen LogP contribution in [-0.4, -0.2) is 50.7 Å². The number of ether oxygens (including phenoxy) is 1. The Morgan fingerprint density at radius 3 is 2.65 bits per heavy atom. The van der Waals surface area contributed by atoms with Crippen LogP contribution in [0.15, 0.2) is 29.3 Å². The number of piperidine rings is 1. The zero-order valence-corrected chi connectivity index (χ0v) is 17.1. The first-order valence-corrected chi connectivity index (χ1v) is 9.98. The molecule has 1 saturated heterocycles. The molecule has 1 heterocycles. The molecule has 26 heavy (non-hydrogen) atoms. The minimum Gasteiger partial charge on any atom is -0.497 e. The fourth-order valence-electron chi connectivity index (χ4n) is 3.64. The van der Waals surface area contributed by atoms with Crippen molar-refractivity contribution in [1.82, 2.24) is 15.5 Å². The first-order valence-electron chi connectivity index (χ1n) is 9.98. The summed E-state index contributed by atoms with van der Waals surface area (Å²) >= 11 is 0. The van der Waals surface area contributed by atoms with Crippen molar-refractivity contribution < 1.29 is 4.74 Å². The van der Waals surface area contributed by atoms with Gasteiger partial charge < -0.3 is 15.4 Å². The van der Waals surface area contributed by atoms with Crippen LogP contribution in [0.2, 0.25) is 0 Å². The molecule has 5 heteroatoms. The lowest BCUT2D eigenvalue weighted by atomic mass is 9.85. The lowest BCUT2D eigenvalue weighted by Crippen LogP contribution is -2.43. The summed E-state index contributed by atoms with van der Waals surface area (Å²) in [5, 5.41) is 6.87. The topological polar surface area (TPSA) is 48.9 Å². The number of hydrogen-bond donors (Lipinski definition) is 2. The average molecular weight is 361 g/mol. The maximum Gasteiger partial charge on any atom is 0.191 e. The molecule has 0 amide bonds. The van der Waals surface area contributed by atoms with Gasteiger partial charge in [-0.1, -0.05) is 19.1 Å². The van der Waals surface area contributed by atoms with Gasteiger partial charge in [-0.15, -0.1) is 0 Å². The van der Waals surface area contributed by atoms with Gasteiger partial charge in [0.15, 0.2) is 5.96 Å². The van der Waals surface area contributed by atoms with Crippen LogP contribution < -0.4 is 15.4 Å². The second-order valence-electron chi connectivity index (χ2n) is 7.27. The number of hydrogen-bond acceptors (Lipinski definition) is 3. The highest BCUT2D eigenvalue weighted by Crippen LogP contribution is 2.35. The summed E-state index contributed by atoms with van der Waals surface area (Å²) in [7, 11) is 3.94. The van der Waals surface area contributed by atoms with Crippen molar-refractivity contribution in [2.75, 3.05) is 33.8 Å². The molecule has 3 unspecified atom stereocenters. The minimum atomic E-state index is 0.407. The average Bonchev–Trinajstić information content (AvgIpc) is 2.66. The SMILES string of the molecule is CCNC(=NCC1CCCN(C)C1c1ccc(OC)cc1)NC(C)CC. The van der Waals surface area contributed by atoms with Gasteiger partial charge in [0.25, 0.3) is 0 Å². The highest BCUT2D eigenvalue weighted by Gasteiger charge is 2.30. The number of methoxy groups -OCH3 is 1. The number of rotatable bonds is 7. The summed E-state index contributed by atoms with van der Waals surface area (Å²) in [6, 6.07) is 9.36. The Kier molecular flexibility index (Phi) is 8.23. The third kappa shape index (κ3) is 5.63. The number of benzene rings is 1. The summed E-state index contributed by atoms with van der Waals surface area (Å²) in [4.78, 5) is 7.38. The van der Waals surface area contributed by atoms with E-state index in [1.807, 2.05) is 0 Å². The molecule has 0 aliphatic carbocycles. The Morgan fingerprint density at radius 1 is 1.31 bits per heavy atom. The van der Waals surface area contributed by atoms with E-state index in [0.717, 1.165) is 37.8 Å². The number of nitrogens with one attached hydrogen (secondary N) is 2. The number of guanidine groups is 1. The van der Waals surface area contributed by atoms with Gasteiger partial charge in [-0.05, 0) is 70.3 Å². The molecule has 3 atom stereocenters. The van der Waals surface area contributed by atoms with Crippen LogP contribution >= 0.6 is 0 Å². The smallest absolute Gasteiger partial charge is 0.191 e. The second-order valence-corrected chi connectivity index (χ2v) is 7.27. The van der Waals surface area contributed by atoms with E-state index < -0.39 is 0 Å². The predicted octanol–water partition coefficient (Wildman–Crippen LogP) is 3.43. The monoisotopic (exact) mass is 360 g/mol. The summed E-state index contributed by atoms with van der Waals surface area (Å²) < 4.78 is 5.31. The Labute approximate surface area is 159 Å². The molecule has 1 fully saturated rings. The molecular formula is C21H36N4O. The molecule has 0 radical (unpaired) electrons. The van der Waals surface area contributed by atoms with E-state index in [1.165, 1.54) is 18.4 Å². The van der Waals surface area contributed by atoms with Crippen LogP contribution in [0.25, 0.3) is 0 Å². The Hall–Kier alpha value is -1.75. The normalized spacial score (nSPS) is 22.7. The quantitative estimate of drug-likeness (QED) is 0.578. The predicted molar refractivity (Wildman–Crippen MR) is 110 cm³/mol. The summed E-state index contributed by atoms with van der Waals surface area (Å²) in [5.41, 5.74) is 1.35. The van der Waals surface area contributed by atoms with E-state index in [1.54, 1.807) is 7.11 Å². The molecule has 1 aliphatic heterocycles. The van der Waals surface area contributed by atoms with Gasteiger partial charge >= 0.3 is 0 Å². The van der Waals surface area contributed by atoms with Gasteiger partial charge in [-0.3, -0.25) is 9.89 Å². The maximum atomic E-state index is 5.31. The first-order chi connectivity index (χ1) is 12.6. The molecule has 0 spiro atoms. The van der Waals surface area contributed by atoms with Crippen molar-refractivity contribution in [2.45, 2.75) is 52.1 Å². The number of likely N-dealkylation sites (tertiary alicyclic amines) is 1. The highest BCUT2D eigenvalue weighted by molar-refractivity contribution is 5.80. The fourth-order valence-corrected chi connectivity index (χ4v) is 3.64. The van der Waals surface area contributed by atoms with Gasteiger partial charge in [-0.2, -0.15) is 0 Å². The van der Waals surface area contributed by atoms with E-state index in [9.17, 15) is 0 Å². The van der Waals surface area contributed by atoms with E-state index in [0.29, 0.717) is 18.0 Å². The summed E-state index contributed by atoms with van der Waals surface area (Å²) in [6.45, 7) is 9.37. The third-order valence-corrected chi connectivity index (χ3v) is 5.29. The van der Waals surface area contributed by atoms with Crippen molar-refractivity contribution in [3.8, 4) is 5.75 Å². The standard InChI is InChI=1S/C21H36N4O/c1-6-16(3)24-21(22-7-2)23-15-18-9-8-14-25(4)20(18)17-10-12-19(26-5)13-11-17/h10-13,16,18,20H,6-9,14-15H2,1-5H3,(H2,22,23,24). The van der Waals surface area contributed by atoms with Crippen LogP contribution in [0, 0.1) is 5.92 Å². The molecule has 2 N–H and O–H groups in total. The molecule has 0 aromatic heterocycles. The largest absolute Gasteiger partial charge is 0.497 e. The van der Waals surface area contributed by atoms with Crippen molar-refractivity contribution >= 4 is 5.96 Å². The summed E-state index contributed by atoms with van der Waals surface area (Å²) in [6.07, 6.45) is 3.54. The highest BCUT2D eigenvalue weighted by atomic mass is 16.5. The zero-order valence-electron chi connectivity index (χ0n) is 17.1. The Bertz CT molecular complexity index is 558. The van der Waals surface area contributed by atoms with Crippen LogP contribution in [-0.2, 0) is 0 Å². The lowest BCUT2D eigenvalue weighted by Gasteiger charge is -2.39.